The minimum Gasteiger partial charge on any atom is -0.300 e. The van der Waals surface area contributed by atoms with E-state index in [-0.39, 0.29) is 5.54 Å². The zero-order valence-corrected chi connectivity index (χ0v) is 18.6. The second kappa shape index (κ2) is 9.29. The van der Waals surface area contributed by atoms with Gasteiger partial charge in [-0.3, -0.25) is 9.80 Å². The monoisotopic (exact) mass is 390 g/mol. The molecule has 1 aromatic carbocycles. The van der Waals surface area contributed by atoms with Gasteiger partial charge in [-0.1, -0.05) is 50.4 Å². The van der Waals surface area contributed by atoms with Crippen molar-refractivity contribution in [2.24, 2.45) is 11.8 Å². The van der Waals surface area contributed by atoms with Gasteiger partial charge in [0, 0.05) is 23.1 Å². The van der Waals surface area contributed by atoms with Gasteiger partial charge >= 0.3 is 0 Å². The number of nitrogens with zero attached hydrogens (tertiary/aromatic N) is 2. The van der Waals surface area contributed by atoms with Crippen LogP contribution in [-0.4, -0.2) is 43.0 Å². The highest BCUT2D eigenvalue weighted by Crippen LogP contribution is 2.47. The summed E-state index contributed by atoms with van der Waals surface area (Å²) in [4.78, 5) is 5.35. The van der Waals surface area contributed by atoms with Crippen molar-refractivity contribution in [3.63, 3.8) is 0 Å². The van der Waals surface area contributed by atoms with E-state index < -0.39 is 0 Å². The van der Waals surface area contributed by atoms with Crippen molar-refractivity contribution in [2.45, 2.75) is 76.8 Å². The molecular formula is C24H39ClN2. The average molecular weight is 391 g/mol. The largest absolute Gasteiger partial charge is 0.300 e. The van der Waals surface area contributed by atoms with Gasteiger partial charge in [-0.15, -0.1) is 0 Å². The minimum atomic E-state index is 0.156. The van der Waals surface area contributed by atoms with Crippen molar-refractivity contribution in [1.29, 1.82) is 0 Å². The van der Waals surface area contributed by atoms with Crippen LogP contribution in [0.1, 0.15) is 70.8 Å². The third kappa shape index (κ3) is 4.54. The predicted molar refractivity (Wildman–Crippen MR) is 117 cm³/mol. The van der Waals surface area contributed by atoms with Crippen LogP contribution in [0.5, 0.6) is 0 Å². The van der Waals surface area contributed by atoms with Gasteiger partial charge in [0.15, 0.2) is 0 Å². The first kappa shape index (κ1) is 21.1. The zero-order chi connectivity index (χ0) is 19.4. The van der Waals surface area contributed by atoms with Crippen LogP contribution >= 0.6 is 11.6 Å². The molecule has 1 aliphatic heterocycles. The van der Waals surface area contributed by atoms with E-state index in [1.807, 2.05) is 0 Å². The summed E-state index contributed by atoms with van der Waals surface area (Å²) < 4.78 is 0. The number of halogens is 1. The number of rotatable bonds is 7. The Morgan fingerprint density at radius 3 is 2.41 bits per heavy atom. The highest BCUT2D eigenvalue weighted by Gasteiger charge is 2.45. The number of hydrogen-bond acceptors (Lipinski definition) is 2. The predicted octanol–water partition coefficient (Wildman–Crippen LogP) is 6.19. The van der Waals surface area contributed by atoms with E-state index >= 15 is 0 Å². The van der Waals surface area contributed by atoms with Gasteiger partial charge in [-0.25, -0.2) is 0 Å². The average Bonchev–Trinajstić information content (AvgIpc) is 3.11. The van der Waals surface area contributed by atoms with E-state index in [1.54, 1.807) is 0 Å². The summed E-state index contributed by atoms with van der Waals surface area (Å²) >= 11 is 6.18. The molecule has 0 N–H and O–H groups in total. The lowest BCUT2D eigenvalue weighted by Gasteiger charge is -2.51. The van der Waals surface area contributed by atoms with Crippen molar-refractivity contribution < 1.29 is 0 Å². The molecule has 4 unspecified atom stereocenters. The van der Waals surface area contributed by atoms with Gasteiger partial charge in [0.2, 0.25) is 0 Å². The first-order valence-electron chi connectivity index (χ1n) is 11.2. The topological polar surface area (TPSA) is 6.48 Å². The molecular weight excluding hydrogens is 352 g/mol. The van der Waals surface area contributed by atoms with E-state index in [2.05, 4.69) is 62.0 Å². The number of likely N-dealkylation sites (tertiary alicyclic amines) is 1. The molecule has 2 aliphatic rings. The van der Waals surface area contributed by atoms with E-state index in [0.717, 1.165) is 22.9 Å². The maximum atomic E-state index is 6.18. The van der Waals surface area contributed by atoms with E-state index in [0.29, 0.717) is 0 Å². The van der Waals surface area contributed by atoms with E-state index in [1.165, 1.54) is 70.0 Å². The smallest absolute Gasteiger partial charge is 0.0458 e. The molecule has 0 aromatic heterocycles. The molecule has 1 aliphatic carbocycles. The van der Waals surface area contributed by atoms with E-state index in [4.69, 9.17) is 11.6 Å². The van der Waals surface area contributed by atoms with Crippen molar-refractivity contribution in [1.82, 2.24) is 9.80 Å². The third-order valence-electron chi connectivity index (χ3n) is 7.38. The highest BCUT2D eigenvalue weighted by molar-refractivity contribution is 6.30. The zero-order valence-electron chi connectivity index (χ0n) is 17.9. The maximum Gasteiger partial charge on any atom is 0.0458 e. The molecule has 0 bridgehead atoms. The van der Waals surface area contributed by atoms with Crippen LogP contribution in [-0.2, 0) is 5.54 Å². The molecule has 2 fully saturated rings. The third-order valence-corrected chi connectivity index (χ3v) is 7.63. The fourth-order valence-electron chi connectivity index (χ4n) is 5.93. The summed E-state index contributed by atoms with van der Waals surface area (Å²) in [5.74, 6) is 1.73. The van der Waals surface area contributed by atoms with Gasteiger partial charge in [-0.2, -0.15) is 0 Å². The SMILES string of the molecule is CCCC1CCN(C2CCC(c3ccc(Cl)cc3)(N(C)C)CC2CCC)C1. The molecule has 3 rings (SSSR count). The van der Waals surface area contributed by atoms with Crippen LogP contribution in [0.25, 0.3) is 0 Å². The molecule has 1 saturated heterocycles. The van der Waals surface area contributed by atoms with Crippen molar-refractivity contribution in [3.05, 3.63) is 34.9 Å². The second-order valence-electron chi connectivity index (χ2n) is 9.23. The lowest BCUT2D eigenvalue weighted by Crippen LogP contribution is -2.52. The molecule has 27 heavy (non-hydrogen) atoms. The highest BCUT2D eigenvalue weighted by atomic mass is 35.5. The summed E-state index contributed by atoms with van der Waals surface area (Å²) in [6.45, 7) is 7.36. The summed E-state index contributed by atoms with van der Waals surface area (Å²) in [6.07, 6.45) is 10.6. The Balaban J connectivity index is 1.80. The summed E-state index contributed by atoms with van der Waals surface area (Å²) in [5, 5.41) is 0.838. The van der Waals surface area contributed by atoms with Crippen LogP contribution in [0.4, 0.5) is 0 Å². The molecule has 152 valence electrons. The Hall–Kier alpha value is -0.570. The standard InChI is InChI=1S/C24H39ClN2/c1-5-7-19-14-16-27(18-19)23-13-15-24(26(3)4,17-20(23)8-6-2)21-9-11-22(25)12-10-21/h9-12,19-20,23H,5-8,13-18H2,1-4H3. The normalized spacial score (nSPS) is 32.3. The summed E-state index contributed by atoms with van der Waals surface area (Å²) in [6, 6.07) is 9.45. The molecule has 1 saturated carbocycles. The Morgan fingerprint density at radius 2 is 1.78 bits per heavy atom. The second-order valence-corrected chi connectivity index (χ2v) is 9.67. The van der Waals surface area contributed by atoms with Gasteiger partial charge in [0.1, 0.15) is 0 Å². The molecule has 0 amide bonds. The first-order chi connectivity index (χ1) is 13.0. The quantitative estimate of drug-likeness (QED) is 0.547. The molecule has 0 spiro atoms. The van der Waals surface area contributed by atoms with Gasteiger partial charge in [0.25, 0.3) is 0 Å². The van der Waals surface area contributed by atoms with E-state index in [9.17, 15) is 0 Å². The van der Waals surface area contributed by atoms with Gasteiger partial charge < -0.3 is 0 Å². The molecule has 4 atom stereocenters. The lowest BCUT2D eigenvalue weighted by molar-refractivity contribution is 0.0108. The van der Waals surface area contributed by atoms with Crippen molar-refractivity contribution >= 4 is 11.6 Å². The van der Waals surface area contributed by atoms with Crippen LogP contribution in [0.2, 0.25) is 5.02 Å². The van der Waals surface area contributed by atoms with Crippen LogP contribution < -0.4 is 0 Å². The van der Waals surface area contributed by atoms with Crippen LogP contribution in [0.15, 0.2) is 24.3 Å². The Kier molecular flexibility index (Phi) is 7.27. The molecule has 3 heteroatoms. The van der Waals surface area contributed by atoms with Gasteiger partial charge in [0.05, 0.1) is 0 Å². The maximum absolute atomic E-state index is 6.18. The number of benzene rings is 1. The number of hydrogen-bond donors (Lipinski definition) is 0. The lowest BCUT2D eigenvalue weighted by atomic mass is 9.67. The molecule has 0 radical (unpaired) electrons. The fraction of sp³-hybridized carbons (Fsp3) is 0.750. The van der Waals surface area contributed by atoms with Crippen LogP contribution in [0, 0.1) is 11.8 Å². The van der Waals surface area contributed by atoms with Crippen LogP contribution in [0.3, 0.4) is 0 Å². The molecule has 2 nitrogen and oxygen atoms in total. The fourth-order valence-corrected chi connectivity index (χ4v) is 6.06. The van der Waals surface area contributed by atoms with Crippen molar-refractivity contribution in [3.8, 4) is 0 Å². The summed E-state index contributed by atoms with van der Waals surface area (Å²) in [7, 11) is 4.54. The Morgan fingerprint density at radius 1 is 1.07 bits per heavy atom. The van der Waals surface area contributed by atoms with Crippen molar-refractivity contribution in [2.75, 3.05) is 27.2 Å². The Labute approximate surface area is 172 Å². The molecule has 1 heterocycles. The first-order valence-corrected chi connectivity index (χ1v) is 11.6. The summed E-state index contributed by atoms with van der Waals surface area (Å²) in [5.41, 5.74) is 1.60. The minimum absolute atomic E-state index is 0.156. The Bertz CT molecular complexity index is 585. The van der Waals surface area contributed by atoms with Gasteiger partial charge in [-0.05, 0) is 88.7 Å². The molecule has 1 aromatic rings.